The number of thioether (sulfide) groups is 1. The van der Waals surface area contributed by atoms with Crippen molar-refractivity contribution < 1.29 is 9.59 Å². The summed E-state index contributed by atoms with van der Waals surface area (Å²) in [6.07, 6.45) is 9.44. The van der Waals surface area contributed by atoms with Crippen molar-refractivity contribution in [1.29, 1.82) is 0 Å². The lowest BCUT2D eigenvalue weighted by Gasteiger charge is -2.57. The number of thiophene rings is 1. The van der Waals surface area contributed by atoms with Gasteiger partial charge in [-0.25, -0.2) is 0 Å². The highest BCUT2D eigenvalue weighted by atomic mass is 32.2. The maximum atomic E-state index is 13.7. The summed E-state index contributed by atoms with van der Waals surface area (Å²) in [7, 11) is 0. The maximum absolute atomic E-state index is 13.7. The Balaban J connectivity index is 1.17. The van der Waals surface area contributed by atoms with Crippen LogP contribution in [-0.4, -0.2) is 51.9 Å². The van der Waals surface area contributed by atoms with Crippen molar-refractivity contribution in [3.05, 3.63) is 22.4 Å². The first-order valence-corrected chi connectivity index (χ1v) is 13.2. The number of carbonyl (C=O) groups excluding carboxylic acids is 2. The van der Waals surface area contributed by atoms with Crippen LogP contribution in [0.25, 0.3) is 0 Å². The Morgan fingerprint density at radius 1 is 0.966 bits per heavy atom. The van der Waals surface area contributed by atoms with Gasteiger partial charge in [-0.1, -0.05) is 6.07 Å². The number of amides is 2. The molecule has 0 N–H and O–H groups in total. The molecule has 0 unspecified atom stereocenters. The second-order valence-electron chi connectivity index (χ2n) is 10.2. The van der Waals surface area contributed by atoms with E-state index in [0.29, 0.717) is 5.91 Å². The molecule has 3 heterocycles. The largest absolute Gasteiger partial charge is 0.342 e. The van der Waals surface area contributed by atoms with Gasteiger partial charge in [0.15, 0.2) is 0 Å². The number of likely N-dealkylation sites (tertiary alicyclic amines) is 1. The third kappa shape index (κ3) is 2.92. The van der Waals surface area contributed by atoms with E-state index in [9.17, 15) is 9.59 Å². The molecule has 0 atom stereocenters. The highest BCUT2D eigenvalue weighted by molar-refractivity contribution is 8.00. The van der Waals surface area contributed by atoms with Crippen molar-refractivity contribution in [1.82, 2.24) is 9.80 Å². The molecule has 29 heavy (non-hydrogen) atoms. The highest BCUT2D eigenvalue weighted by Crippen LogP contribution is 2.61. The zero-order valence-corrected chi connectivity index (χ0v) is 18.6. The van der Waals surface area contributed by atoms with Gasteiger partial charge in [-0.15, -0.1) is 23.1 Å². The van der Waals surface area contributed by atoms with Crippen LogP contribution < -0.4 is 0 Å². The van der Waals surface area contributed by atoms with Crippen LogP contribution in [0.15, 0.2) is 17.5 Å². The van der Waals surface area contributed by atoms with E-state index in [1.165, 1.54) is 30.6 Å². The molecule has 4 aliphatic carbocycles. The van der Waals surface area contributed by atoms with Crippen LogP contribution in [0.4, 0.5) is 0 Å². The van der Waals surface area contributed by atoms with Gasteiger partial charge in [0.05, 0.1) is 15.2 Å². The minimum absolute atomic E-state index is 0.0332. The molecule has 1 aromatic heterocycles. The first-order valence-electron chi connectivity index (χ1n) is 11.4. The molecule has 0 aromatic carbocycles. The molecule has 156 valence electrons. The smallest absolute Gasteiger partial charge is 0.265 e. The van der Waals surface area contributed by atoms with Crippen molar-refractivity contribution >= 4 is 34.9 Å². The van der Waals surface area contributed by atoms with Crippen LogP contribution >= 0.6 is 23.1 Å². The zero-order valence-electron chi connectivity index (χ0n) is 17.0. The van der Waals surface area contributed by atoms with Gasteiger partial charge in [-0.2, -0.15) is 0 Å². The van der Waals surface area contributed by atoms with Gasteiger partial charge in [0.25, 0.3) is 5.91 Å². The van der Waals surface area contributed by atoms with Gasteiger partial charge in [-0.3, -0.25) is 9.59 Å². The fourth-order valence-electron chi connectivity index (χ4n) is 7.61. The lowest BCUT2D eigenvalue weighted by molar-refractivity contribution is -0.159. The van der Waals surface area contributed by atoms with Gasteiger partial charge in [-0.05, 0) is 80.6 Å². The Morgan fingerprint density at radius 2 is 1.62 bits per heavy atom. The van der Waals surface area contributed by atoms with E-state index < -0.39 is 0 Å². The molecule has 6 heteroatoms. The van der Waals surface area contributed by atoms with E-state index in [1.54, 1.807) is 0 Å². The summed E-state index contributed by atoms with van der Waals surface area (Å²) in [6.45, 7) is 2.48. The number of carbonyl (C=O) groups is 2. The molecule has 7 rings (SSSR count). The normalized spacial score (nSPS) is 37.4. The standard InChI is InChI=1S/C23H30N2O2S2/c26-20(19-2-1-8-28-19)25-7-9-29-23(25)3-5-24(6-4-23)21(27)22-13-16-10-17(14-22)12-18(11-16)15-22/h1-2,8,16-18H,3-7,9-15H2. The Kier molecular flexibility index (Phi) is 4.36. The average Bonchev–Trinajstić information content (AvgIpc) is 3.37. The second kappa shape index (κ2) is 6.74. The summed E-state index contributed by atoms with van der Waals surface area (Å²) in [4.78, 5) is 31.8. The second-order valence-corrected chi connectivity index (χ2v) is 12.6. The summed E-state index contributed by atoms with van der Waals surface area (Å²) in [5.41, 5.74) is -0.0332. The highest BCUT2D eigenvalue weighted by Gasteiger charge is 2.56. The minimum atomic E-state index is -0.0979. The van der Waals surface area contributed by atoms with E-state index in [2.05, 4.69) is 9.80 Å². The molecule has 0 radical (unpaired) electrons. The van der Waals surface area contributed by atoms with Gasteiger partial charge < -0.3 is 9.80 Å². The molecule has 2 saturated heterocycles. The minimum Gasteiger partial charge on any atom is -0.342 e. The molecule has 1 aromatic rings. The molecular formula is C23H30N2O2S2. The molecule has 2 amide bonds. The molecule has 1 spiro atoms. The van der Waals surface area contributed by atoms with Crippen LogP contribution in [0.3, 0.4) is 0 Å². The van der Waals surface area contributed by atoms with E-state index >= 15 is 0 Å². The van der Waals surface area contributed by atoms with Crippen LogP contribution in [0.1, 0.15) is 61.0 Å². The summed E-state index contributed by atoms with van der Waals surface area (Å²) in [5, 5.41) is 1.98. The van der Waals surface area contributed by atoms with Crippen LogP contribution in [0, 0.1) is 23.2 Å². The predicted molar refractivity (Wildman–Crippen MR) is 117 cm³/mol. The van der Waals surface area contributed by atoms with E-state index in [-0.39, 0.29) is 16.2 Å². The number of rotatable bonds is 2. The third-order valence-corrected chi connectivity index (χ3v) is 10.9. The van der Waals surface area contributed by atoms with Gasteiger partial charge in [0, 0.05) is 25.4 Å². The number of piperidine rings is 1. The first-order chi connectivity index (χ1) is 14.1. The predicted octanol–water partition coefficient (Wildman–Crippen LogP) is 4.47. The van der Waals surface area contributed by atoms with E-state index in [1.807, 2.05) is 29.3 Å². The Bertz CT molecular complexity index is 778. The fraction of sp³-hybridized carbons (Fsp3) is 0.739. The van der Waals surface area contributed by atoms with Gasteiger partial charge in [0.2, 0.25) is 5.91 Å². The number of hydrogen-bond donors (Lipinski definition) is 0. The van der Waals surface area contributed by atoms with Crippen molar-refractivity contribution in [2.45, 2.75) is 56.2 Å². The summed E-state index contributed by atoms with van der Waals surface area (Å²) < 4.78 is 0. The van der Waals surface area contributed by atoms with Crippen molar-refractivity contribution in [2.75, 3.05) is 25.4 Å². The fourth-order valence-corrected chi connectivity index (χ4v) is 9.74. The molecule has 2 aliphatic heterocycles. The first kappa shape index (κ1) is 18.7. The molecule has 4 nitrogen and oxygen atoms in total. The van der Waals surface area contributed by atoms with Crippen molar-refractivity contribution in [3.8, 4) is 0 Å². The molecule has 6 fully saturated rings. The average molecular weight is 431 g/mol. The zero-order chi connectivity index (χ0) is 19.6. The van der Waals surface area contributed by atoms with Crippen LogP contribution in [0.5, 0.6) is 0 Å². The topological polar surface area (TPSA) is 40.6 Å². The maximum Gasteiger partial charge on any atom is 0.265 e. The molecule has 4 saturated carbocycles. The third-order valence-electron chi connectivity index (χ3n) is 8.48. The monoisotopic (exact) mass is 430 g/mol. The lowest BCUT2D eigenvalue weighted by atomic mass is 9.49. The van der Waals surface area contributed by atoms with Crippen molar-refractivity contribution in [3.63, 3.8) is 0 Å². The van der Waals surface area contributed by atoms with Gasteiger partial charge >= 0.3 is 0 Å². The quantitative estimate of drug-likeness (QED) is 0.695. The van der Waals surface area contributed by atoms with Crippen molar-refractivity contribution in [2.24, 2.45) is 23.2 Å². The Labute approximate surface area is 181 Å². The van der Waals surface area contributed by atoms with Crippen LogP contribution in [0.2, 0.25) is 0 Å². The summed E-state index contributed by atoms with van der Waals surface area (Å²) >= 11 is 3.48. The molecule has 4 bridgehead atoms. The van der Waals surface area contributed by atoms with E-state index in [0.717, 1.165) is 80.1 Å². The molecular weight excluding hydrogens is 400 g/mol. The summed E-state index contributed by atoms with van der Waals surface area (Å²) in [5.74, 6) is 4.10. The lowest BCUT2D eigenvalue weighted by Crippen LogP contribution is -2.58. The van der Waals surface area contributed by atoms with E-state index in [4.69, 9.17) is 0 Å². The summed E-state index contributed by atoms with van der Waals surface area (Å²) in [6, 6.07) is 3.90. The van der Waals surface area contributed by atoms with Gasteiger partial charge in [0.1, 0.15) is 0 Å². The number of hydrogen-bond acceptors (Lipinski definition) is 4. The Morgan fingerprint density at radius 3 is 2.21 bits per heavy atom. The Hall–Kier alpha value is -1.01. The van der Waals surface area contributed by atoms with Crippen LogP contribution in [-0.2, 0) is 4.79 Å². The molecule has 6 aliphatic rings. The number of nitrogens with zero attached hydrogens (tertiary/aromatic N) is 2. The SMILES string of the molecule is O=C(c1cccs1)N1CCSC12CCN(C(=O)C13CC4CC(CC(C4)C1)C3)CC2.